The minimum Gasteiger partial charge on any atom is -0.487 e. The van der Waals surface area contributed by atoms with Crippen LogP contribution in [0, 0.1) is 17.7 Å². The first-order valence-corrected chi connectivity index (χ1v) is 6.95. The zero-order valence-corrected chi connectivity index (χ0v) is 11.8. The van der Waals surface area contributed by atoms with E-state index >= 15 is 0 Å². The Morgan fingerprint density at radius 2 is 1.82 bits per heavy atom. The van der Waals surface area contributed by atoms with Gasteiger partial charge in [-0.05, 0) is 49.3 Å². The minimum atomic E-state index is -0.279. The van der Waals surface area contributed by atoms with E-state index in [1.54, 1.807) is 12.1 Å². The Kier molecular flexibility index (Phi) is 4.08. The van der Waals surface area contributed by atoms with E-state index < -0.39 is 0 Å². The van der Waals surface area contributed by atoms with Crippen LogP contribution in [0.4, 0.5) is 4.39 Å². The Bertz CT molecular complexity index is 384. The third-order valence-corrected chi connectivity index (χ3v) is 3.82. The summed E-state index contributed by atoms with van der Waals surface area (Å²) in [5.41, 5.74) is 0. The molecule has 1 aromatic carbocycles. The zero-order valence-electron chi connectivity index (χ0n) is 10.2. The molecule has 1 fully saturated rings. The maximum absolute atomic E-state index is 13.6. The summed E-state index contributed by atoms with van der Waals surface area (Å²) in [6, 6.07) is 4.84. The van der Waals surface area contributed by atoms with Crippen molar-refractivity contribution in [1.82, 2.24) is 0 Å². The Labute approximate surface area is 110 Å². The predicted molar refractivity (Wildman–Crippen MR) is 70.7 cm³/mol. The van der Waals surface area contributed by atoms with Crippen LogP contribution in [-0.4, -0.2) is 6.10 Å². The topological polar surface area (TPSA) is 9.23 Å². The van der Waals surface area contributed by atoms with Gasteiger partial charge in [0.15, 0.2) is 11.6 Å². The number of halogens is 2. The normalized spacial score (nSPS) is 29.1. The van der Waals surface area contributed by atoms with Gasteiger partial charge in [-0.1, -0.05) is 29.8 Å². The van der Waals surface area contributed by atoms with Crippen LogP contribution in [0.15, 0.2) is 22.7 Å². The summed E-state index contributed by atoms with van der Waals surface area (Å²) in [7, 11) is 0. The minimum absolute atomic E-state index is 0.151. The molecule has 1 saturated carbocycles. The average Bonchev–Trinajstić information content (AvgIpc) is 2.22. The summed E-state index contributed by atoms with van der Waals surface area (Å²) >= 11 is 3.34. The lowest BCUT2D eigenvalue weighted by Gasteiger charge is -2.31. The molecule has 1 aromatic rings. The van der Waals surface area contributed by atoms with Crippen LogP contribution in [-0.2, 0) is 0 Å². The molecule has 1 aliphatic carbocycles. The van der Waals surface area contributed by atoms with E-state index in [4.69, 9.17) is 4.74 Å². The molecule has 0 radical (unpaired) electrons. The summed E-state index contributed by atoms with van der Waals surface area (Å²) in [6.07, 6.45) is 3.45. The molecule has 17 heavy (non-hydrogen) atoms. The first kappa shape index (κ1) is 12.9. The highest BCUT2D eigenvalue weighted by Crippen LogP contribution is 2.32. The fourth-order valence-electron chi connectivity index (χ4n) is 2.72. The van der Waals surface area contributed by atoms with Crippen molar-refractivity contribution in [1.29, 1.82) is 0 Å². The van der Waals surface area contributed by atoms with Gasteiger partial charge < -0.3 is 4.74 Å². The molecule has 0 bridgehead atoms. The van der Waals surface area contributed by atoms with Crippen molar-refractivity contribution in [3.8, 4) is 5.75 Å². The van der Waals surface area contributed by atoms with Gasteiger partial charge in [-0.3, -0.25) is 0 Å². The van der Waals surface area contributed by atoms with E-state index in [0.29, 0.717) is 17.6 Å². The van der Waals surface area contributed by atoms with Gasteiger partial charge in [0.1, 0.15) is 0 Å². The summed E-state index contributed by atoms with van der Waals surface area (Å²) in [4.78, 5) is 0. The molecule has 1 nitrogen and oxygen atoms in total. The summed E-state index contributed by atoms with van der Waals surface area (Å²) in [6.45, 7) is 4.48. The van der Waals surface area contributed by atoms with Crippen molar-refractivity contribution in [3.63, 3.8) is 0 Å². The fraction of sp³-hybridized carbons (Fsp3) is 0.571. The highest BCUT2D eigenvalue weighted by Gasteiger charge is 2.25. The largest absolute Gasteiger partial charge is 0.487 e. The molecule has 3 heteroatoms. The highest BCUT2D eigenvalue weighted by molar-refractivity contribution is 9.10. The Balaban J connectivity index is 2.07. The van der Waals surface area contributed by atoms with Gasteiger partial charge in [0.05, 0.1) is 6.10 Å². The molecular weight excluding hydrogens is 283 g/mol. The molecule has 0 saturated heterocycles. The highest BCUT2D eigenvalue weighted by atomic mass is 79.9. The van der Waals surface area contributed by atoms with Crippen LogP contribution in [0.1, 0.15) is 33.1 Å². The van der Waals surface area contributed by atoms with Crippen LogP contribution < -0.4 is 4.74 Å². The van der Waals surface area contributed by atoms with Crippen LogP contribution in [0.5, 0.6) is 5.75 Å². The molecule has 0 amide bonds. The Morgan fingerprint density at radius 1 is 1.18 bits per heavy atom. The van der Waals surface area contributed by atoms with E-state index in [2.05, 4.69) is 29.8 Å². The van der Waals surface area contributed by atoms with Crippen molar-refractivity contribution in [3.05, 3.63) is 28.5 Å². The summed E-state index contributed by atoms with van der Waals surface area (Å²) in [5, 5.41) is 0. The molecule has 0 spiro atoms. The second-order valence-electron chi connectivity index (χ2n) is 5.23. The van der Waals surface area contributed by atoms with Crippen molar-refractivity contribution < 1.29 is 9.13 Å². The lowest BCUT2D eigenvalue weighted by molar-refractivity contribution is 0.0970. The monoisotopic (exact) mass is 300 g/mol. The molecule has 0 aromatic heterocycles. The van der Waals surface area contributed by atoms with E-state index in [9.17, 15) is 4.39 Å². The lowest BCUT2D eigenvalue weighted by atomic mass is 9.82. The molecule has 2 atom stereocenters. The van der Waals surface area contributed by atoms with Gasteiger partial charge in [-0.25, -0.2) is 4.39 Å². The SMILES string of the molecule is CC1CC(C)CC(Oc2cc(Br)ccc2F)C1. The Hall–Kier alpha value is -0.570. The van der Waals surface area contributed by atoms with Crippen molar-refractivity contribution in [2.75, 3.05) is 0 Å². The van der Waals surface area contributed by atoms with E-state index in [0.717, 1.165) is 17.3 Å². The molecule has 0 heterocycles. The van der Waals surface area contributed by atoms with Gasteiger partial charge in [-0.2, -0.15) is 0 Å². The predicted octanol–water partition coefficient (Wildman–Crippen LogP) is 4.79. The van der Waals surface area contributed by atoms with E-state index in [1.165, 1.54) is 12.5 Å². The van der Waals surface area contributed by atoms with Gasteiger partial charge in [0.2, 0.25) is 0 Å². The number of ether oxygens (including phenoxy) is 1. The van der Waals surface area contributed by atoms with E-state index in [-0.39, 0.29) is 11.9 Å². The molecule has 2 rings (SSSR count). The first-order chi connectivity index (χ1) is 8.04. The van der Waals surface area contributed by atoms with Crippen LogP contribution in [0.3, 0.4) is 0 Å². The van der Waals surface area contributed by atoms with E-state index in [1.807, 2.05) is 0 Å². The maximum atomic E-state index is 13.6. The second kappa shape index (κ2) is 5.38. The van der Waals surface area contributed by atoms with Crippen molar-refractivity contribution in [2.24, 2.45) is 11.8 Å². The molecule has 0 aliphatic heterocycles. The molecular formula is C14H18BrFO. The van der Waals surface area contributed by atoms with Gasteiger partial charge in [0.25, 0.3) is 0 Å². The first-order valence-electron chi connectivity index (χ1n) is 6.16. The summed E-state index contributed by atoms with van der Waals surface area (Å²) in [5.74, 6) is 1.42. The second-order valence-corrected chi connectivity index (χ2v) is 6.15. The molecule has 2 unspecified atom stereocenters. The van der Waals surface area contributed by atoms with Crippen LogP contribution in [0.2, 0.25) is 0 Å². The number of benzene rings is 1. The van der Waals surface area contributed by atoms with Crippen LogP contribution in [0.25, 0.3) is 0 Å². The van der Waals surface area contributed by atoms with Crippen molar-refractivity contribution >= 4 is 15.9 Å². The van der Waals surface area contributed by atoms with Gasteiger partial charge in [-0.15, -0.1) is 0 Å². The molecule has 94 valence electrons. The smallest absolute Gasteiger partial charge is 0.165 e. The van der Waals surface area contributed by atoms with Gasteiger partial charge in [0, 0.05) is 4.47 Å². The summed E-state index contributed by atoms with van der Waals surface area (Å²) < 4.78 is 20.2. The zero-order chi connectivity index (χ0) is 12.4. The lowest BCUT2D eigenvalue weighted by Crippen LogP contribution is -2.28. The third kappa shape index (κ3) is 3.44. The molecule has 0 N–H and O–H groups in total. The van der Waals surface area contributed by atoms with Crippen LogP contribution >= 0.6 is 15.9 Å². The Morgan fingerprint density at radius 3 is 2.47 bits per heavy atom. The fourth-order valence-corrected chi connectivity index (χ4v) is 3.06. The van der Waals surface area contributed by atoms with Gasteiger partial charge >= 0.3 is 0 Å². The quantitative estimate of drug-likeness (QED) is 0.763. The maximum Gasteiger partial charge on any atom is 0.165 e. The standard InChI is InChI=1S/C14H18BrFO/c1-9-5-10(2)7-12(6-9)17-14-8-11(15)3-4-13(14)16/h3-4,8-10,12H,5-7H2,1-2H3. The number of hydrogen-bond acceptors (Lipinski definition) is 1. The third-order valence-electron chi connectivity index (χ3n) is 3.32. The molecule has 1 aliphatic rings. The average molecular weight is 301 g/mol. The van der Waals surface area contributed by atoms with Crippen molar-refractivity contribution in [2.45, 2.75) is 39.2 Å². The number of hydrogen-bond donors (Lipinski definition) is 0. The number of rotatable bonds is 2.